The lowest BCUT2D eigenvalue weighted by molar-refractivity contribution is 0.536. The molecule has 0 amide bonds. The average Bonchev–Trinajstić information content (AvgIpc) is 2.83. The second-order valence-corrected chi connectivity index (χ2v) is 4.33. The summed E-state index contributed by atoms with van der Waals surface area (Å²) in [5.41, 5.74) is 6.79. The maximum Gasteiger partial charge on any atom is 0.155 e. The van der Waals surface area contributed by atoms with Gasteiger partial charge in [-0.05, 0) is 11.6 Å². The van der Waals surface area contributed by atoms with Crippen LogP contribution in [0.4, 0.5) is 0 Å². The number of hydrogen-bond donors (Lipinski definition) is 1. The van der Waals surface area contributed by atoms with Crippen LogP contribution in [0.5, 0.6) is 0 Å². The van der Waals surface area contributed by atoms with Crippen LogP contribution in [0, 0.1) is 0 Å². The van der Waals surface area contributed by atoms with Gasteiger partial charge in [0.25, 0.3) is 0 Å². The Morgan fingerprint density at radius 2 is 2.19 bits per heavy atom. The number of nitrogens with zero attached hydrogens (tertiary/aromatic N) is 4. The van der Waals surface area contributed by atoms with E-state index in [9.17, 15) is 0 Å². The van der Waals surface area contributed by atoms with Crippen molar-refractivity contribution in [2.75, 3.05) is 6.54 Å². The first-order chi connectivity index (χ1) is 7.63. The summed E-state index contributed by atoms with van der Waals surface area (Å²) in [5.74, 6) is 0.758. The van der Waals surface area contributed by atoms with Gasteiger partial charge in [-0.15, -0.1) is 0 Å². The van der Waals surface area contributed by atoms with Crippen LogP contribution in [0.15, 0.2) is 31.0 Å². The molecule has 84 valence electrons. The van der Waals surface area contributed by atoms with Gasteiger partial charge in [-0.25, -0.2) is 14.6 Å². The quantitative estimate of drug-likeness (QED) is 0.829. The van der Waals surface area contributed by atoms with E-state index in [0.717, 1.165) is 11.4 Å². The van der Waals surface area contributed by atoms with Crippen molar-refractivity contribution < 1.29 is 0 Å². The molecule has 2 rings (SSSR count). The van der Waals surface area contributed by atoms with Crippen molar-refractivity contribution >= 4 is 0 Å². The largest absolute Gasteiger partial charge is 0.330 e. The maximum absolute atomic E-state index is 5.72. The van der Waals surface area contributed by atoms with E-state index in [4.69, 9.17) is 5.73 Å². The lowest BCUT2D eigenvalue weighted by Crippen LogP contribution is -2.28. The van der Waals surface area contributed by atoms with E-state index in [1.54, 1.807) is 11.0 Å². The molecular weight excluding hydrogens is 202 g/mol. The predicted octanol–water partition coefficient (Wildman–Crippen LogP) is 0.899. The Morgan fingerprint density at radius 1 is 1.38 bits per heavy atom. The Kier molecular flexibility index (Phi) is 2.70. The summed E-state index contributed by atoms with van der Waals surface area (Å²) in [5, 5.41) is 4.02. The molecule has 2 aromatic rings. The monoisotopic (exact) mass is 217 g/mol. The minimum atomic E-state index is -0.0477. The SMILES string of the molecule is CC(C)(CN)c1ccc(-n2cncn2)nc1. The molecule has 0 bridgehead atoms. The number of pyridine rings is 1. The molecule has 2 N–H and O–H groups in total. The zero-order valence-electron chi connectivity index (χ0n) is 9.46. The zero-order chi connectivity index (χ0) is 11.6. The highest BCUT2D eigenvalue weighted by molar-refractivity contribution is 5.28. The molecule has 16 heavy (non-hydrogen) atoms. The summed E-state index contributed by atoms with van der Waals surface area (Å²) >= 11 is 0. The van der Waals surface area contributed by atoms with Crippen molar-refractivity contribution in [1.82, 2.24) is 19.7 Å². The summed E-state index contributed by atoms with van der Waals surface area (Å²) < 4.78 is 1.62. The van der Waals surface area contributed by atoms with E-state index < -0.39 is 0 Å². The highest BCUT2D eigenvalue weighted by atomic mass is 15.3. The van der Waals surface area contributed by atoms with Gasteiger partial charge in [-0.1, -0.05) is 19.9 Å². The van der Waals surface area contributed by atoms with Crippen molar-refractivity contribution in [3.8, 4) is 5.82 Å². The molecule has 2 heterocycles. The van der Waals surface area contributed by atoms with Crippen LogP contribution in [0.3, 0.4) is 0 Å². The van der Waals surface area contributed by atoms with Gasteiger partial charge in [0.05, 0.1) is 0 Å². The van der Waals surface area contributed by atoms with Crippen LogP contribution in [0.25, 0.3) is 5.82 Å². The minimum Gasteiger partial charge on any atom is -0.330 e. The van der Waals surface area contributed by atoms with E-state index in [1.165, 1.54) is 6.33 Å². The van der Waals surface area contributed by atoms with E-state index >= 15 is 0 Å². The third-order valence-electron chi connectivity index (χ3n) is 2.69. The highest BCUT2D eigenvalue weighted by Gasteiger charge is 2.18. The van der Waals surface area contributed by atoms with E-state index in [0.29, 0.717) is 6.54 Å². The van der Waals surface area contributed by atoms with E-state index in [1.807, 2.05) is 18.3 Å². The molecule has 0 radical (unpaired) electrons. The summed E-state index contributed by atoms with van der Waals surface area (Å²) in [6, 6.07) is 3.94. The summed E-state index contributed by atoms with van der Waals surface area (Å²) in [4.78, 5) is 8.22. The predicted molar refractivity (Wildman–Crippen MR) is 61.2 cm³/mol. The summed E-state index contributed by atoms with van der Waals surface area (Å²) in [6.07, 6.45) is 4.94. The van der Waals surface area contributed by atoms with Crippen LogP contribution in [-0.2, 0) is 5.41 Å². The van der Waals surface area contributed by atoms with Gasteiger partial charge < -0.3 is 5.73 Å². The van der Waals surface area contributed by atoms with Gasteiger partial charge in [0, 0.05) is 18.2 Å². The molecule has 5 heteroatoms. The molecule has 0 aliphatic heterocycles. The Bertz CT molecular complexity index is 444. The molecule has 0 saturated heterocycles. The number of aromatic nitrogens is 4. The Morgan fingerprint density at radius 3 is 2.69 bits per heavy atom. The Hall–Kier alpha value is -1.75. The average molecular weight is 217 g/mol. The topological polar surface area (TPSA) is 69.6 Å². The van der Waals surface area contributed by atoms with E-state index in [2.05, 4.69) is 28.9 Å². The minimum absolute atomic E-state index is 0.0477. The molecule has 0 atom stereocenters. The summed E-state index contributed by atoms with van der Waals surface area (Å²) in [6.45, 7) is 4.79. The molecule has 2 aromatic heterocycles. The molecule has 0 fully saturated rings. The number of nitrogens with two attached hydrogens (primary N) is 1. The summed E-state index contributed by atoms with van der Waals surface area (Å²) in [7, 11) is 0. The van der Waals surface area contributed by atoms with Crippen LogP contribution >= 0.6 is 0 Å². The standard InChI is InChI=1S/C11H15N5/c1-11(2,6-12)9-3-4-10(14-5-9)16-8-13-7-15-16/h3-5,7-8H,6,12H2,1-2H3. The number of hydrogen-bond acceptors (Lipinski definition) is 4. The first-order valence-corrected chi connectivity index (χ1v) is 5.15. The fourth-order valence-corrected chi connectivity index (χ4v) is 1.37. The molecule has 0 saturated carbocycles. The van der Waals surface area contributed by atoms with Crippen LogP contribution in [0.1, 0.15) is 19.4 Å². The van der Waals surface area contributed by atoms with Gasteiger partial charge in [0.15, 0.2) is 5.82 Å². The van der Waals surface area contributed by atoms with Gasteiger partial charge in [0.2, 0.25) is 0 Å². The normalized spacial score (nSPS) is 11.7. The maximum atomic E-state index is 5.72. The van der Waals surface area contributed by atoms with Gasteiger partial charge in [-0.2, -0.15) is 5.10 Å². The van der Waals surface area contributed by atoms with E-state index in [-0.39, 0.29) is 5.41 Å². The second-order valence-electron chi connectivity index (χ2n) is 4.33. The van der Waals surface area contributed by atoms with Gasteiger partial charge in [-0.3, -0.25) is 0 Å². The van der Waals surface area contributed by atoms with Crippen LogP contribution in [-0.4, -0.2) is 26.3 Å². The van der Waals surface area contributed by atoms with Crippen molar-refractivity contribution in [2.45, 2.75) is 19.3 Å². The third kappa shape index (κ3) is 1.94. The fraction of sp³-hybridized carbons (Fsp3) is 0.364. The molecule has 0 unspecified atom stereocenters. The third-order valence-corrected chi connectivity index (χ3v) is 2.69. The first-order valence-electron chi connectivity index (χ1n) is 5.15. The molecule has 0 aliphatic carbocycles. The molecule has 0 spiro atoms. The van der Waals surface area contributed by atoms with Crippen LogP contribution in [0.2, 0.25) is 0 Å². The number of rotatable bonds is 3. The Labute approximate surface area is 94.3 Å². The first kappa shape index (κ1) is 10.8. The zero-order valence-corrected chi connectivity index (χ0v) is 9.46. The molecule has 5 nitrogen and oxygen atoms in total. The fourth-order valence-electron chi connectivity index (χ4n) is 1.37. The lowest BCUT2D eigenvalue weighted by Gasteiger charge is -2.22. The van der Waals surface area contributed by atoms with Crippen molar-refractivity contribution in [3.63, 3.8) is 0 Å². The lowest BCUT2D eigenvalue weighted by atomic mass is 9.86. The molecular formula is C11H15N5. The molecule has 0 aromatic carbocycles. The van der Waals surface area contributed by atoms with Crippen LogP contribution < -0.4 is 5.73 Å². The highest BCUT2D eigenvalue weighted by Crippen LogP contribution is 2.21. The van der Waals surface area contributed by atoms with Crippen molar-refractivity contribution in [3.05, 3.63) is 36.5 Å². The van der Waals surface area contributed by atoms with Crippen molar-refractivity contribution in [1.29, 1.82) is 0 Å². The second kappa shape index (κ2) is 4.02. The Balaban J connectivity index is 2.30. The van der Waals surface area contributed by atoms with Crippen molar-refractivity contribution in [2.24, 2.45) is 5.73 Å². The molecule has 0 aliphatic rings. The van der Waals surface area contributed by atoms with Gasteiger partial charge in [0.1, 0.15) is 12.7 Å². The van der Waals surface area contributed by atoms with Gasteiger partial charge >= 0.3 is 0 Å². The smallest absolute Gasteiger partial charge is 0.155 e.